The average Bonchev–Trinajstić information content (AvgIpc) is 2.40. The molecule has 0 bridgehead atoms. The molecule has 3 heteroatoms. The van der Waals surface area contributed by atoms with Gasteiger partial charge in [-0.15, -0.1) is 0 Å². The second-order valence-corrected chi connectivity index (χ2v) is 7.72. The van der Waals surface area contributed by atoms with Crippen molar-refractivity contribution in [3.05, 3.63) is 29.8 Å². The van der Waals surface area contributed by atoms with Crippen LogP contribution in [-0.2, 0) is 10.9 Å². The second kappa shape index (κ2) is 6.99. The van der Waals surface area contributed by atoms with Gasteiger partial charge in [0.05, 0.1) is 18.6 Å². The highest BCUT2D eigenvalue weighted by Gasteiger charge is 2.16. The molecular weight excluding hydrogens is 256 g/mol. The molecule has 0 aromatic heterocycles. The molecule has 1 aromatic carbocycles. The Kier molecular flexibility index (Phi) is 5.32. The van der Waals surface area contributed by atoms with E-state index in [2.05, 4.69) is 12.5 Å². The summed E-state index contributed by atoms with van der Waals surface area (Å²) >= 11 is 0. The maximum Gasteiger partial charge on any atom is 0.211 e. The summed E-state index contributed by atoms with van der Waals surface area (Å²) < 4.78 is 5.96. The van der Waals surface area contributed by atoms with Crippen molar-refractivity contribution in [1.29, 1.82) is 0 Å². The Hall–Kier alpha value is -0.960. The largest absolute Gasteiger partial charge is 0.490 e. The molecule has 1 aliphatic carbocycles. The Balaban J connectivity index is 1.92. The van der Waals surface area contributed by atoms with Crippen LogP contribution in [0.5, 0.6) is 5.75 Å². The van der Waals surface area contributed by atoms with Crippen LogP contribution in [0.3, 0.4) is 0 Å². The molecule has 0 atom stereocenters. The van der Waals surface area contributed by atoms with Crippen LogP contribution in [0.25, 0.3) is 0 Å². The van der Waals surface area contributed by atoms with Crippen molar-refractivity contribution in [2.45, 2.75) is 38.2 Å². The fourth-order valence-electron chi connectivity index (χ4n) is 2.44. The van der Waals surface area contributed by atoms with E-state index in [0.29, 0.717) is 11.9 Å². The van der Waals surface area contributed by atoms with Gasteiger partial charge in [-0.1, -0.05) is 6.42 Å². The third kappa shape index (κ3) is 4.57. The lowest BCUT2D eigenvalue weighted by molar-refractivity contribution is 0.102. The van der Waals surface area contributed by atoms with E-state index in [1.807, 2.05) is 24.3 Å². The zero-order valence-electron chi connectivity index (χ0n) is 11.9. The highest BCUT2D eigenvalue weighted by molar-refractivity contribution is 7.96. The SMILES string of the molecule is C[S+](C)CC(=O)c1ccc(OC2CCCCC2)cc1. The summed E-state index contributed by atoms with van der Waals surface area (Å²) in [5, 5.41) is 0. The van der Waals surface area contributed by atoms with E-state index in [9.17, 15) is 4.79 Å². The molecule has 1 saturated carbocycles. The van der Waals surface area contributed by atoms with Crippen molar-refractivity contribution in [3.63, 3.8) is 0 Å². The first-order chi connectivity index (χ1) is 9.15. The summed E-state index contributed by atoms with van der Waals surface area (Å²) in [6, 6.07) is 7.66. The molecule has 0 spiro atoms. The summed E-state index contributed by atoms with van der Waals surface area (Å²) in [5.41, 5.74) is 0.803. The number of ether oxygens (including phenoxy) is 1. The Labute approximate surface area is 118 Å². The van der Waals surface area contributed by atoms with Gasteiger partial charge >= 0.3 is 0 Å². The number of rotatable bonds is 5. The number of hydrogen-bond acceptors (Lipinski definition) is 2. The van der Waals surface area contributed by atoms with Crippen LogP contribution < -0.4 is 4.74 Å². The molecule has 1 fully saturated rings. The number of benzene rings is 1. The summed E-state index contributed by atoms with van der Waals surface area (Å²) in [4.78, 5) is 11.9. The predicted molar refractivity (Wildman–Crippen MR) is 82.4 cm³/mol. The molecule has 19 heavy (non-hydrogen) atoms. The van der Waals surface area contributed by atoms with E-state index >= 15 is 0 Å². The molecule has 0 N–H and O–H groups in total. The molecule has 0 amide bonds. The number of ketones is 1. The zero-order chi connectivity index (χ0) is 13.7. The number of hydrogen-bond donors (Lipinski definition) is 0. The molecule has 0 radical (unpaired) electrons. The highest BCUT2D eigenvalue weighted by Crippen LogP contribution is 2.23. The van der Waals surface area contributed by atoms with Gasteiger partial charge in [0.1, 0.15) is 5.75 Å². The van der Waals surface area contributed by atoms with E-state index in [1.165, 1.54) is 19.3 Å². The average molecular weight is 279 g/mol. The third-order valence-corrected chi connectivity index (χ3v) is 4.29. The summed E-state index contributed by atoms with van der Waals surface area (Å²) in [5.74, 6) is 1.77. The van der Waals surface area contributed by atoms with Gasteiger partial charge in [0.15, 0.2) is 5.75 Å². The van der Waals surface area contributed by atoms with E-state index in [-0.39, 0.29) is 16.7 Å². The molecule has 104 valence electrons. The van der Waals surface area contributed by atoms with Gasteiger partial charge in [0.2, 0.25) is 5.78 Å². The van der Waals surface area contributed by atoms with E-state index < -0.39 is 0 Å². The molecule has 1 aromatic rings. The van der Waals surface area contributed by atoms with Crippen LogP contribution in [-0.4, -0.2) is 30.2 Å². The van der Waals surface area contributed by atoms with Gasteiger partial charge in [-0.25, -0.2) is 0 Å². The summed E-state index contributed by atoms with van der Waals surface area (Å²) in [6.45, 7) is 0. The minimum atomic E-state index is 0.162. The standard InChI is InChI=1S/C16H23O2S/c1-19(2)12-16(17)13-8-10-15(11-9-13)18-14-6-4-3-5-7-14/h8-11,14H,3-7,12H2,1-2H3/q+1. The molecule has 0 unspecified atom stereocenters. The minimum absolute atomic E-state index is 0.162. The molecular formula is C16H23O2S+. The number of Topliss-reactive ketones (excluding diaryl/α,β-unsaturated/α-hetero) is 1. The van der Waals surface area contributed by atoms with Crippen molar-refractivity contribution in [2.75, 3.05) is 18.3 Å². The quantitative estimate of drug-likeness (QED) is 0.609. The van der Waals surface area contributed by atoms with E-state index in [4.69, 9.17) is 4.74 Å². The predicted octanol–water partition coefficient (Wildman–Crippen LogP) is 3.46. The fourth-order valence-corrected chi connectivity index (χ4v) is 3.13. The van der Waals surface area contributed by atoms with Crippen LogP contribution in [0.2, 0.25) is 0 Å². The lowest BCUT2D eigenvalue weighted by Gasteiger charge is -2.22. The molecule has 1 aliphatic rings. The maximum atomic E-state index is 11.9. The van der Waals surface area contributed by atoms with Gasteiger partial charge < -0.3 is 4.74 Å². The van der Waals surface area contributed by atoms with E-state index in [0.717, 1.165) is 24.2 Å². The summed E-state index contributed by atoms with van der Waals surface area (Å²) in [6.07, 6.45) is 10.8. The van der Waals surface area contributed by atoms with Gasteiger partial charge in [0.25, 0.3) is 0 Å². The van der Waals surface area contributed by atoms with Crippen LogP contribution in [0.1, 0.15) is 42.5 Å². The normalized spacial score (nSPS) is 16.6. The topological polar surface area (TPSA) is 26.3 Å². The number of carbonyl (C=O) groups excluding carboxylic acids is 1. The maximum absolute atomic E-state index is 11.9. The van der Waals surface area contributed by atoms with Crippen molar-refractivity contribution in [3.8, 4) is 5.75 Å². The van der Waals surface area contributed by atoms with Crippen molar-refractivity contribution in [2.24, 2.45) is 0 Å². The van der Waals surface area contributed by atoms with Crippen molar-refractivity contribution in [1.82, 2.24) is 0 Å². The molecule has 2 rings (SSSR count). The Morgan fingerprint density at radius 1 is 1.16 bits per heavy atom. The van der Waals surface area contributed by atoms with Crippen LogP contribution >= 0.6 is 0 Å². The smallest absolute Gasteiger partial charge is 0.211 e. The van der Waals surface area contributed by atoms with Gasteiger partial charge in [-0.3, -0.25) is 4.79 Å². The fraction of sp³-hybridized carbons (Fsp3) is 0.562. The highest BCUT2D eigenvalue weighted by atomic mass is 32.2. The third-order valence-electron chi connectivity index (χ3n) is 3.45. The Morgan fingerprint density at radius 2 is 1.79 bits per heavy atom. The molecule has 0 heterocycles. The minimum Gasteiger partial charge on any atom is -0.490 e. The zero-order valence-corrected chi connectivity index (χ0v) is 12.7. The van der Waals surface area contributed by atoms with E-state index in [1.54, 1.807) is 0 Å². The van der Waals surface area contributed by atoms with Crippen molar-refractivity contribution < 1.29 is 9.53 Å². The first-order valence-electron chi connectivity index (χ1n) is 6.99. The lowest BCUT2D eigenvalue weighted by Crippen LogP contribution is -2.19. The Morgan fingerprint density at radius 3 is 2.37 bits per heavy atom. The lowest BCUT2D eigenvalue weighted by atomic mass is 9.98. The van der Waals surface area contributed by atoms with Gasteiger partial charge in [-0.2, -0.15) is 0 Å². The summed E-state index contributed by atoms with van der Waals surface area (Å²) in [7, 11) is 0.162. The molecule has 2 nitrogen and oxygen atoms in total. The second-order valence-electron chi connectivity index (χ2n) is 5.46. The molecule has 0 aliphatic heterocycles. The monoisotopic (exact) mass is 279 g/mol. The Bertz CT molecular complexity index is 405. The van der Waals surface area contributed by atoms with Crippen molar-refractivity contribution >= 4 is 16.7 Å². The number of carbonyl (C=O) groups is 1. The van der Waals surface area contributed by atoms with Crippen LogP contribution in [0, 0.1) is 0 Å². The van der Waals surface area contributed by atoms with Crippen LogP contribution in [0.15, 0.2) is 24.3 Å². The first kappa shape index (κ1) is 14.4. The van der Waals surface area contributed by atoms with Gasteiger partial charge in [0, 0.05) is 5.56 Å². The van der Waals surface area contributed by atoms with Crippen LogP contribution in [0.4, 0.5) is 0 Å². The first-order valence-corrected chi connectivity index (χ1v) is 9.20. The molecule has 0 saturated heterocycles. The van der Waals surface area contributed by atoms with Gasteiger partial charge in [-0.05, 0) is 60.8 Å².